The number of carbonyl (C=O) groups excluding carboxylic acids is 1. The normalized spacial score (nSPS) is 24.8. The molecule has 1 aliphatic heterocycles. The molecule has 1 saturated heterocycles. The predicted molar refractivity (Wildman–Crippen MR) is 74.6 cm³/mol. The van der Waals surface area contributed by atoms with E-state index in [1.807, 2.05) is 37.2 Å². The Morgan fingerprint density at radius 3 is 2.89 bits per heavy atom. The van der Waals surface area contributed by atoms with Gasteiger partial charge in [0.05, 0.1) is 5.69 Å². The molecule has 104 valence electrons. The van der Waals surface area contributed by atoms with Gasteiger partial charge in [0, 0.05) is 38.9 Å². The topological polar surface area (TPSA) is 48.5 Å². The molecule has 0 spiro atoms. The lowest BCUT2D eigenvalue weighted by Crippen LogP contribution is -2.61. The number of amides is 1. The maximum atomic E-state index is 12.4. The lowest BCUT2D eigenvalue weighted by Gasteiger charge is -2.42. The third-order valence-electron chi connectivity index (χ3n) is 3.72. The predicted octanol–water partition coefficient (Wildman–Crippen LogP) is 0.332. The lowest BCUT2D eigenvalue weighted by atomic mass is 10.1. The average molecular weight is 262 g/mol. The summed E-state index contributed by atoms with van der Waals surface area (Å²) in [5, 5.41) is 3.11. The first-order valence-electron chi connectivity index (χ1n) is 6.68. The van der Waals surface area contributed by atoms with Gasteiger partial charge in [0.15, 0.2) is 0 Å². The number of hydrogen-bond acceptors (Lipinski definition) is 4. The number of aromatic nitrogens is 1. The second-order valence-corrected chi connectivity index (χ2v) is 5.12. The highest BCUT2D eigenvalue weighted by atomic mass is 16.2. The first-order valence-corrected chi connectivity index (χ1v) is 6.68. The Hall–Kier alpha value is -1.46. The summed E-state index contributed by atoms with van der Waals surface area (Å²) in [5.74, 6) is 0.184. The van der Waals surface area contributed by atoms with E-state index < -0.39 is 0 Å². The second-order valence-electron chi connectivity index (χ2n) is 5.12. The van der Waals surface area contributed by atoms with Crippen molar-refractivity contribution in [2.75, 3.05) is 27.2 Å². The largest absolute Gasteiger partial charge is 0.340 e. The van der Waals surface area contributed by atoms with Gasteiger partial charge in [-0.25, -0.2) is 0 Å². The van der Waals surface area contributed by atoms with E-state index in [0.717, 1.165) is 18.8 Å². The minimum atomic E-state index is -0.104. The van der Waals surface area contributed by atoms with Gasteiger partial charge in [-0.3, -0.25) is 14.7 Å². The first-order chi connectivity index (χ1) is 9.13. The number of likely N-dealkylation sites (N-methyl/N-ethyl adjacent to an activating group) is 2. The maximum Gasteiger partial charge on any atom is 0.241 e. The van der Waals surface area contributed by atoms with Gasteiger partial charge < -0.3 is 10.2 Å². The van der Waals surface area contributed by atoms with Gasteiger partial charge in [-0.05, 0) is 26.1 Å². The molecule has 19 heavy (non-hydrogen) atoms. The summed E-state index contributed by atoms with van der Waals surface area (Å²) in [6.45, 7) is 4.35. The van der Waals surface area contributed by atoms with Crippen molar-refractivity contribution in [2.24, 2.45) is 0 Å². The summed E-state index contributed by atoms with van der Waals surface area (Å²) < 4.78 is 0. The zero-order chi connectivity index (χ0) is 13.8. The standard InChI is InChI=1S/C14H22N4O/c1-11-9-18(10-12-6-4-5-7-16-12)13(8-15-2)14(19)17(11)3/h4-7,11,13,15H,8-10H2,1-3H3. The summed E-state index contributed by atoms with van der Waals surface area (Å²) >= 11 is 0. The Bertz CT molecular complexity index is 423. The van der Waals surface area contributed by atoms with Crippen molar-refractivity contribution in [1.82, 2.24) is 20.1 Å². The molecule has 2 unspecified atom stereocenters. The average Bonchev–Trinajstić information content (AvgIpc) is 2.42. The quantitative estimate of drug-likeness (QED) is 0.849. The first kappa shape index (κ1) is 14.0. The van der Waals surface area contributed by atoms with Crippen LogP contribution < -0.4 is 5.32 Å². The van der Waals surface area contributed by atoms with Crippen LogP contribution in [0, 0.1) is 0 Å². The van der Waals surface area contributed by atoms with E-state index in [4.69, 9.17) is 0 Å². The molecule has 0 aliphatic carbocycles. The molecule has 0 radical (unpaired) electrons. The van der Waals surface area contributed by atoms with Crippen molar-refractivity contribution < 1.29 is 4.79 Å². The highest BCUT2D eigenvalue weighted by Crippen LogP contribution is 2.17. The van der Waals surface area contributed by atoms with Gasteiger partial charge in [-0.1, -0.05) is 6.07 Å². The molecule has 2 rings (SSSR count). The van der Waals surface area contributed by atoms with Crippen molar-refractivity contribution in [3.8, 4) is 0 Å². The summed E-state index contributed by atoms with van der Waals surface area (Å²) in [6.07, 6.45) is 1.80. The molecule has 0 saturated carbocycles. The summed E-state index contributed by atoms with van der Waals surface area (Å²) in [6, 6.07) is 6.03. The van der Waals surface area contributed by atoms with E-state index in [1.165, 1.54) is 0 Å². The smallest absolute Gasteiger partial charge is 0.241 e. The monoisotopic (exact) mass is 262 g/mol. The third-order valence-corrected chi connectivity index (χ3v) is 3.72. The highest BCUT2D eigenvalue weighted by molar-refractivity contribution is 5.83. The molecule has 1 aromatic rings. The van der Waals surface area contributed by atoms with Crippen LogP contribution in [0.3, 0.4) is 0 Å². The van der Waals surface area contributed by atoms with Crippen LogP contribution in [0.2, 0.25) is 0 Å². The van der Waals surface area contributed by atoms with E-state index in [9.17, 15) is 4.79 Å². The Morgan fingerprint density at radius 1 is 1.47 bits per heavy atom. The van der Waals surface area contributed by atoms with E-state index in [2.05, 4.69) is 22.1 Å². The molecular formula is C14H22N4O. The van der Waals surface area contributed by atoms with Crippen molar-refractivity contribution in [3.63, 3.8) is 0 Å². The molecule has 1 N–H and O–H groups in total. The summed E-state index contributed by atoms with van der Waals surface area (Å²) in [7, 11) is 3.76. The lowest BCUT2D eigenvalue weighted by molar-refractivity contribution is -0.143. The van der Waals surface area contributed by atoms with E-state index in [-0.39, 0.29) is 18.0 Å². The van der Waals surface area contributed by atoms with Crippen LogP contribution in [-0.2, 0) is 11.3 Å². The zero-order valence-corrected chi connectivity index (χ0v) is 11.8. The number of nitrogens with one attached hydrogen (secondary N) is 1. The Morgan fingerprint density at radius 2 is 2.26 bits per heavy atom. The van der Waals surface area contributed by atoms with Gasteiger partial charge in [-0.15, -0.1) is 0 Å². The molecule has 5 nitrogen and oxygen atoms in total. The van der Waals surface area contributed by atoms with E-state index in [0.29, 0.717) is 6.54 Å². The molecule has 1 amide bonds. The number of carbonyl (C=O) groups is 1. The van der Waals surface area contributed by atoms with Crippen molar-refractivity contribution in [2.45, 2.75) is 25.6 Å². The molecule has 1 aromatic heterocycles. The maximum absolute atomic E-state index is 12.4. The fourth-order valence-corrected chi connectivity index (χ4v) is 2.48. The minimum Gasteiger partial charge on any atom is -0.340 e. The molecular weight excluding hydrogens is 240 g/mol. The van der Waals surface area contributed by atoms with Crippen LogP contribution in [0.4, 0.5) is 0 Å². The SMILES string of the molecule is CNCC1C(=O)N(C)C(C)CN1Cc1ccccn1. The fourth-order valence-electron chi connectivity index (χ4n) is 2.48. The second kappa shape index (κ2) is 6.12. The molecule has 0 bridgehead atoms. The summed E-state index contributed by atoms with van der Waals surface area (Å²) in [5.41, 5.74) is 1.01. The van der Waals surface area contributed by atoms with Gasteiger partial charge in [0.25, 0.3) is 0 Å². The number of rotatable bonds is 4. The van der Waals surface area contributed by atoms with Gasteiger partial charge >= 0.3 is 0 Å². The molecule has 2 atom stereocenters. The summed E-state index contributed by atoms with van der Waals surface area (Å²) in [4.78, 5) is 20.8. The number of piperazine rings is 1. The van der Waals surface area contributed by atoms with Crippen LogP contribution in [0.25, 0.3) is 0 Å². The Balaban J connectivity index is 2.14. The Labute approximate surface area is 114 Å². The highest BCUT2D eigenvalue weighted by Gasteiger charge is 2.36. The number of hydrogen-bond donors (Lipinski definition) is 1. The molecule has 0 aromatic carbocycles. The third kappa shape index (κ3) is 3.11. The van der Waals surface area contributed by atoms with E-state index in [1.54, 1.807) is 6.20 Å². The van der Waals surface area contributed by atoms with Crippen LogP contribution in [0.15, 0.2) is 24.4 Å². The van der Waals surface area contributed by atoms with Crippen molar-refractivity contribution >= 4 is 5.91 Å². The van der Waals surface area contributed by atoms with Crippen LogP contribution in [0.1, 0.15) is 12.6 Å². The van der Waals surface area contributed by atoms with Gasteiger partial charge in [-0.2, -0.15) is 0 Å². The van der Waals surface area contributed by atoms with Crippen molar-refractivity contribution in [1.29, 1.82) is 0 Å². The van der Waals surface area contributed by atoms with Gasteiger partial charge in [0.2, 0.25) is 5.91 Å². The molecule has 5 heteroatoms. The molecule has 1 fully saturated rings. The Kier molecular flexibility index (Phi) is 4.50. The van der Waals surface area contributed by atoms with E-state index >= 15 is 0 Å². The number of pyridine rings is 1. The minimum absolute atomic E-state index is 0.104. The van der Waals surface area contributed by atoms with Crippen LogP contribution in [-0.4, -0.2) is 60.0 Å². The zero-order valence-electron chi connectivity index (χ0n) is 11.8. The van der Waals surface area contributed by atoms with Gasteiger partial charge in [0.1, 0.15) is 6.04 Å². The number of nitrogens with zero attached hydrogens (tertiary/aromatic N) is 3. The molecule has 1 aliphatic rings. The van der Waals surface area contributed by atoms with Crippen LogP contribution >= 0.6 is 0 Å². The van der Waals surface area contributed by atoms with Crippen molar-refractivity contribution in [3.05, 3.63) is 30.1 Å². The fraction of sp³-hybridized carbons (Fsp3) is 0.571. The van der Waals surface area contributed by atoms with Crippen LogP contribution in [0.5, 0.6) is 0 Å². The molecule has 2 heterocycles.